The Morgan fingerprint density at radius 1 is 1.44 bits per heavy atom. The van der Waals surface area contributed by atoms with Crippen LogP contribution in [0, 0.1) is 12.7 Å². The molecule has 0 atom stereocenters. The normalized spacial score (nSPS) is 10.7. The predicted octanol–water partition coefficient (Wildman–Crippen LogP) is 2.13. The van der Waals surface area contributed by atoms with Crippen LogP contribution < -0.4 is 5.73 Å². The SMILES string of the molecule is Cc1nnc(Sc2ccc(CN)cc2F)o1. The smallest absolute Gasteiger partial charge is 0.281 e. The van der Waals surface area contributed by atoms with Gasteiger partial charge in [-0.1, -0.05) is 6.07 Å². The number of halogens is 1. The van der Waals surface area contributed by atoms with Crippen molar-refractivity contribution in [1.82, 2.24) is 10.2 Å². The third kappa shape index (κ3) is 2.40. The van der Waals surface area contributed by atoms with Gasteiger partial charge in [0.15, 0.2) is 0 Å². The van der Waals surface area contributed by atoms with Gasteiger partial charge in [-0.3, -0.25) is 0 Å². The lowest BCUT2D eigenvalue weighted by Gasteiger charge is -2.01. The maximum absolute atomic E-state index is 13.6. The zero-order chi connectivity index (χ0) is 11.5. The van der Waals surface area contributed by atoms with E-state index in [9.17, 15) is 4.39 Å². The molecule has 0 aliphatic rings. The van der Waals surface area contributed by atoms with Gasteiger partial charge in [-0.25, -0.2) is 4.39 Å². The fourth-order valence-electron chi connectivity index (χ4n) is 1.17. The van der Waals surface area contributed by atoms with E-state index in [1.54, 1.807) is 19.1 Å². The lowest BCUT2D eigenvalue weighted by molar-refractivity contribution is 0.429. The van der Waals surface area contributed by atoms with Gasteiger partial charge in [0, 0.05) is 13.5 Å². The topological polar surface area (TPSA) is 64.9 Å². The molecular weight excluding hydrogens is 229 g/mol. The number of nitrogens with zero attached hydrogens (tertiary/aromatic N) is 2. The van der Waals surface area contributed by atoms with Crippen LogP contribution in [0.25, 0.3) is 0 Å². The van der Waals surface area contributed by atoms with Crippen molar-refractivity contribution in [2.45, 2.75) is 23.6 Å². The first kappa shape index (κ1) is 11.1. The Bertz CT molecular complexity index is 501. The van der Waals surface area contributed by atoms with E-state index in [4.69, 9.17) is 10.2 Å². The highest BCUT2D eigenvalue weighted by Crippen LogP contribution is 2.29. The Kier molecular flexibility index (Phi) is 3.21. The Balaban J connectivity index is 2.21. The van der Waals surface area contributed by atoms with Gasteiger partial charge in [0.1, 0.15) is 5.82 Å². The van der Waals surface area contributed by atoms with E-state index in [1.165, 1.54) is 6.07 Å². The zero-order valence-corrected chi connectivity index (χ0v) is 9.42. The summed E-state index contributed by atoms with van der Waals surface area (Å²) in [4.78, 5) is 0.445. The van der Waals surface area contributed by atoms with Crippen molar-refractivity contribution >= 4 is 11.8 Å². The molecular formula is C10H10FN3OS. The number of nitrogens with two attached hydrogens (primary N) is 1. The van der Waals surface area contributed by atoms with Crippen molar-refractivity contribution in [3.8, 4) is 0 Å². The fraction of sp³-hybridized carbons (Fsp3) is 0.200. The molecule has 0 fully saturated rings. The summed E-state index contributed by atoms with van der Waals surface area (Å²) in [5.74, 6) is 0.130. The van der Waals surface area contributed by atoms with Crippen molar-refractivity contribution in [1.29, 1.82) is 0 Å². The standard InChI is InChI=1S/C10H10FN3OS/c1-6-13-14-10(15-6)16-9-3-2-7(5-12)4-8(9)11/h2-4H,5,12H2,1H3. The first-order valence-electron chi connectivity index (χ1n) is 4.65. The van der Waals surface area contributed by atoms with Gasteiger partial charge in [-0.05, 0) is 29.5 Å². The zero-order valence-electron chi connectivity index (χ0n) is 8.61. The maximum atomic E-state index is 13.6. The molecule has 1 heterocycles. The van der Waals surface area contributed by atoms with E-state index in [1.807, 2.05) is 0 Å². The van der Waals surface area contributed by atoms with E-state index in [-0.39, 0.29) is 5.82 Å². The molecule has 2 aromatic rings. The highest BCUT2D eigenvalue weighted by molar-refractivity contribution is 7.99. The second-order valence-electron chi connectivity index (χ2n) is 3.16. The molecule has 84 valence electrons. The van der Waals surface area contributed by atoms with Gasteiger partial charge in [0.05, 0.1) is 4.90 Å². The van der Waals surface area contributed by atoms with Crippen molar-refractivity contribution in [2.75, 3.05) is 0 Å². The Morgan fingerprint density at radius 3 is 2.81 bits per heavy atom. The van der Waals surface area contributed by atoms with Crippen LogP contribution in [-0.4, -0.2) is 10.2 Å². The van der Waals surface area contributed by atoms with Gasteiger partial charge in [-0.15, -0.1) is 10.2 Å². The molecule has 2 rings (SSSR count). The summed E-state index contributed by atoms with van der Waals surface area (Å²) in [5, 5.41) is 7.78. The van der Waals surface area contributed by atoms with E-state index >= 15 is 0 Å². The van der Waals surface area contributed by atoms with Gasteiger partial charge in [0.2, 0.25) is 5.89 Å². The Hall–Kier alpha value is -1.40. The quantitative estimate of drug-likeness (QED) is 0.888. The van der Waals surface area contributed by atoms with E-state index in [0.717, 1.165) is 17.3 Å². The van der Waals surface area contributed by atoms with E-state index < -0.39 is 0 Å². The third-order valence-electron chi connectivity index (χ3n) is 1.94. The molecule has 0 spiro atoms. The number of benzene rings is 1. The molecule has 1 aromatic heterocycles. The highest BCUT2D eigenvalue weighted by Gasteiger charge is 2.09. The van der Waals surface area contributed by atoms with Gasteiger partial charge >= 0.3 is 0 Å². The molecule has 16 heavy (non-hydrogen) atoms. The summed E-state index contributed by atoms with van der Waals surface area (Å²) in [6.07, 6.45) is 0. The number of rotatable bonds is 3. The largest absolute Gasteiger partial charge is 0.416 e. The van der Waals surface area contributed by atoms with Crippen LogP contribution in [0.2, 0.25) is 0 Å². The van der Waals surface area contributed by atoms with E-state index in [2.05, 4.69) is 10.2 Å². The first-order valence-corrected chi connectivity index (χ1v) is 5.47. The minimum absolute atomic E-state index is 0.321. The minimum Gasteiger partial charge on any atom is -0.416 e. The average Bonchev–Trinajstić information content (AvgIpc) is 2.67. The second kappa shape index (κ2) is 4.63. The van der Waals surface area contributed by atoms with Crippen molar-refractivity contribution in [2.24, 2.45) is 5.73 Å². The predicted molar refractivity (Wildman–Crippen MR) is 57.4 cm³/mol. The maximum Gasteiger partial charge on any atom is 0.281 e. The van der Waals surface area contributed by atoms with Crippen LogP contribution in [0.15, 0.2) is 32.7 Å². The van der Waals surface area contributed by atoms with Gasteiger partial charge in [0.25, 0.3) is 5.22 Å². The van der Waals surface area contributed by atoms with Crippen molar-refractivity contribution < 1.29 is 8.81 Å². The first-order chi connectivity index (χ1) is 7.69. The minimum atomic E-state index is -0.330. The lowest BCUT2D eigenvalue weighted by Crippen LogP contribution is -1.96. The fourth-order valence-corrected chi connectivity index (χ4v) is 1.89. The molecule has 0 saturated heterocycles. The number of hydrogen-bond donors (Lipinski definition) is 1. The van der Waals surface area contributed by atoms with Crippen LogP contribution in [0.3, 0.4) is 0 Å². The lowest BCUT2D eigenvalue weighted by atomic mass is 10.2. The molecule has 0 amide bonds. The van der Waals surface area contributed by atoms with Crippen LogP contribution in [0.1, 0.15) is 11.5 Å². The van der Waals surface area contributed by atoms with Crippen LogP contribution >= 0.6 is 11.8 Å². The number of hydrogen-bond acceptors (Lipinski definition) is 5. The van der Waals surface area contributed by atoms with Gasteiger partial charge < -0.3 is 10.2 Å². The molecule has 6 heteroatoms. The summed E-state index contributed by atoms with van der Waals surface area (Å²) in [5.41, 5.74) is 6.16. The number of aromatic nitrogens is 2. The molecule has 2 N–H and O–H groups in total. The molecule has 0 aliphatic heterocycles. The summed E-state index contributed by atoms with van der Waals surface area (Å²) in [6, 6.07) is 4.84. The second-order valence-corrected chi connectivity index (χ2v) is 4.15. The average molecular weight is 239 g/mol. The van der Waals surface area contributed by atoms with Crippen molar-refractivity contribution in [3.05, 3.63) is 35.5 Å². The van der Waals surface area contributed by atoms with E-state index in [0.29, 0.717) is 22.6 Å². The van der Waals surface area contributed by atoms with Crippen LogP contribution in [0.4, 0.5) is 4.39 Å². The Labute approximate surface area is 96.0 Å². The number of aryl methyl sites for hydroxylation is 1. The third-order valence-corrected chi connectivity index (χ3v) is 2.83. The summed E-state index contributed by atoms with van der Waals surface area (Å²) in [7, 11) is 0. The summed E-state index contributed by atoms with van der Waals surface area (Å²) >= 11 is 1.10. The van der Waals surface area contributed by atoms with Crippen LogP contribution in [-0.2, 0) is 6.54 Å². The highest BCUT2D eigenvalue weighted by atomic mass is 32.2. The Morgan fingerprint density at radius 2 is 2.25 bits per heavy atom. The van der Waals surface area contributed by atoms with Gasteiger partial charge in [-0.2, -0.15) is 0 Å². The van der Waals surface area contributed by atoms with Crippen molar-refractivity contribution in [3.63, 3.8) is 0 Å². The molecule has 0 unspecified atom stereocenters. The summed E-state index contributed by atoms with van der Waals surface area (Å²) < 4.78 is 18.7. The molecule has 0 saturated carbocycles. The molecule has 0 bridgehead atoms. The molecule has 0 aliphatic carbocycles. The molecule has 1 aromatic carbocycles. The summed E-state index contributed by atoms with van der Waals surface area (Å²) in [6.45, 7) is 2.01. The molecule has 4 nitrogen and oxygen atoms in total. The molecule has 0 radical (unpaired) electrons. The van der Waals surface area contributed by atoms with Crippen LogP contribution in [0.5, 0.6) is 0 Å². The monoisotopic (exact) mass is 239 g/mol.